The average molecular weight is 749 g/mol. The van der Waals surface area contributed by atoms with Crippen molar-refractivity contribution < 1.29 is 49.0 Å². The Morgan fingerprint density at radius 2 is 1.21 bits per heavy atom. The molecule has 254 valence electrons. The largest absolute Gasteiger partial charge is 1.00 e. The molecule has 0 fully saturated rings. The van der Waals surface area contributed by atoms with Crippen molar-refractivity contribution in [1.29, 1.82) is 0 Å². The second kappa shape index (κ2) is 16.9. The fourth-order valence-electron chi connectivity index (χ4n) is 5.80. The van der Waals surface area contributed by atoms with Crippen LogP contribution in [0.4, 0.5) is 0 Å². The quantitative estimate of drug-likeness (QED) is 0.218. The number of benzene rings is 3. The third-order valence-corrected chi connectivity index (χ3v) is 9.59. The summed E-state index contributed by atoms with van der Waals surface area (Å²) in [6.45, 7) is 31.6. The van der Waals surface area contributed by atoms with Crippen LogP contribution in [0.5, 0.6) is 0 Å². The molecule has 47 heavy (non-hydrogen) atoms. The standard InChI is InChI=1S/C21H25.C12H19.C11H14.2ClH.Zr/c1-20(2,3)16-9-7-14-11-15-8-10-17(21(4,5)6)13-19(15)18(14)12-16;1-6-10-7-9(2)8-11(10)12(3,4)5;1-9-5-7-10(8-6-9)11(2,3)4;;;/h7,9-10,12-13H,11H2,1-6H3;8-9H,6H2,1-5H3;1,5-8H,2-4H3;2*1H;/q2*-1;;;;+2/p-2. The van der Waals surface area contributed by atoms with Gasteiger partial charge in [0, 0.05) is 0 Å². The zero-order chi connectivity index (χ0) is 34.0. The molecule has 2 aliphatic carbocycles. The number of hydrogen-bond acceptors (Lipinski definition) is 0. The molecule has 3 aromatic rings. The number of fused-ring (bicyclic) bond motifs is 3. The van der Waals surface area contributed by atoms with Gasteiger partial charge in [-0.05, 0) is 17.4 Å². The van der Waals surface area contributed by atoms with Gasteiger partial charge < -0.3 is 24.8 Å². The van der Waals surface area contributed by atoms with Gasteiger partial charge in [0.1, 0.15) is 0 Å². The predicted molar refractivity (Wildman–Crippen MR) is 195 cm³/mol. The van der Waals surface area contributed by atoms with Crippen molar-refractivity contribution >= 4 is 3.71 Å². The fraction of sp³-hybridized carbons (Fsp3) is 0.477. The van der Waals surface area contributed by atoms with E-state index in [1.54, 1.807) is 0 Å². The molecule has 0 bridgehead atoms. The molecule has 1 unspecified atom stereocenters. The Morgan fingerprint density at radius 1 is 0.702 bits per heavy atom. The van der Waals surface area contributed by atoms with E-state index in [1.165, 1.54) is 79.9 Å². The molecule has 2 aliphatic rings. The van der Waals surface area contributed by atoms with Crippen molar-refractivity contribution in [3.8, 4) is 11.1 Å². The first-order valence-corrected chi connectivity index (χ1v) is 18.2. The van der Waals surface area contributed by atoms with Crippen LogP contribution >= 0.6 is 0 Å². The van der Waals surface area contributed by atoms with Gasteiger partial charge in [0.05, 0.1) is 0 Å². The van der Waals surface area contributed by atoms with Gasteiger partial charge in [-0.25, -0.2) is 5.57 Å². The second-order valence-corrected chi connectivity index (χ2v) is 17.7. The molecule has 3 heteroatoms. The topological polar surface area (TPSA) is 0 Å². The van der Waals surface area contributed by atoms with Gasteiger partial charge in [0.15, 0.2) is 0 Å². The molecule has 5 rings (SSSR count). The van der Waals surface area contributed by atoms with Crippen molar-refractivity contribution in [1.82, 2.24) is 0 Å². The Morgan fingerprint density at radius 3 is 1.66 bits per heavy atom. The van der Waals surface area contributed by atoms with E-state index in [9.17, 15) is 0 Å². The number of hydrogen-bond donors (Lipinski definition) is 0. The van der Waals surface area contributed by atoms with E-state index in [0.29, 0.717) is 11.3 Å². The minimum Gasteiger partial charge on any atom is -1.00 e. The van der Waals surface area contributed by atoms with E-state index < -0.39 is 0 Å². The van der Waals surface area contributed by atoms with E-state index in [4.69, 9.17) is 0 Å². The number of rotatable bonds is 2. The molecule has 0 radical (unpaired) electrons. The summed E-state index contributed by atoms with van der Waals surface area (Å²) in [6, 6.07) is 23.9. The van der Waals surface area contributed by atoms with Crippen LogP contribution in [0, 0.1) is 23.5 Å². The monoisotopic (exact) mass is 746 g/mol. The molecule has 1 atom stereocenters. The van der Waals surface area contributed by atoms with Crippen molar-refractivity contribution in [2.45, 2.75) is 126 Å². The van der Waals surface area contributed by atoms with Crippen LogP contribution in [0.2, 0.25) is 0 Å². The maximum absolute atomic E-state index is 3.53. The van der Waals surface area contributed by atoms with Crippen molar-refractivity contribution in [3.63, 3.8) is 0 Å². The van der Waals surface area contributed by atoms with E-state index in [2.05, 4.69) is 173 Å². The molecule has 0 nitrogen and oxygen atoms in total. The van der Waals surface area contributed by atoms with Crippen LogP contribution in [0.25, 0.3) is 11.1 Å². The summed E-state index contributed by atoms with van der Waals surface area (Å²) in [5, 5.41) is 0. The van der Waals surface area contributed by atoms with Crippen LogP contribution < -0.4 is 24.8 Å². The summed E-state index contributed by atoms with van der Waals surface area (Å²) in [6.07, 6.45) is 7.98. The summed E-state index contributed by atoms with van der Waals surface area (Å²) in [4.78, 5) is 0. The Bertz CT molecular complexity index is 1480. The first-order valence-electron chi connectivity index (χ1n) is 16.8. The van der Waals surface area contributed by atoms with Crippen LogP contribution in [0.1, 0.15) is 137 Å². The van der Waals surface area contributed by atoms with Crippen molar-refractivity contribution in [3.05, 3.63) is 117 Å². The molecule has 0 aliphatic heterocycles. The van der Waals surface area contributed by atoms with E-state index in [-0.39, 0.29) is 41.1 Å². The Kier molecular flexibility index (Phi) is 15.7. The SMILES string of the molecule is CC(C)(C)c1c[c-]c2c(c1)-c1cc(C(C)(C)C)ccc1C2.CC(C)(C)c1ccc([CH]=[Zr+2])cc1.CCC1=[C-]C(C)C=C1C(C)(C)C.[Cl-].[Cl-]. The normalized spacial score (nSPS) is 15.3. The van der Waals surface area contributed by atoms with Gasteiger partial charge in [-0.15, -0.1) is 5.56 Å². The smallest absolute Gasteiger partial charge is 0.0642 e. The van der Waals surface area contributed by atoms with E-state index in [1.807, 2.05) is 0 Å². The molecule has 0 aromatic heterocycles. The molecule has 0 spiro atoms. The molecule has 3 aromatic carbocycles. The zero-order valence-electron chi connectivity index (χ0n) is 31.6. The molecule has 0 N–H and O–H groups in total. The molecular weight excluding hydrogens is 691 g/mol. The molecular formula is C44H58Cl2Zr-2. The van der Waals surface area contributed by atoms with Gasteiger partial charge in [0.25, 0.3) is 0 Å². The zero-order valence-corrected chi connectivity index (χ0v) is 35.6. The Labute approximate surface area is 316 Å². The molecule has 0 saturated carbocycles. The molecule has 0 amide bonds. The fourth-order valence-corrected chi connectivity index (χ4v) is 6.28. The van der Waals surface area contributed by atoms with Crippen LogP contribution in [-0.2, 0) is 46.9 Å². The minimum absolute atomic E-state index is 0. The summed E-state index contributed by atoms with van der Waals surface area (Å²) in [7, 11) is 0. The Hall–Kier alpha value is -1.53. The van der Waals surface area contributed by atoms with Gasteiger partial charge in [-0.3, -0.25) is 6.08 Å². The van der Waals surface area contributed by atoms with Crippen LogP contribution in [-0.4, -0.2) is 3.71 Å². The van der Waals surface area contributed by atoms with Gasteiger partial charge in [-0.2, -0.15) is 41.0 Å². The van der Waals surface area contributed by atoms with Crippen molar-refractivity contribution in [2.75, 3.05) is 0 Å². The third-order valence-electron chi connectivity index (χ3n) is 8.77. The average Bonchev–Trinajstić information content (AvgIpc) is 3.51. The third kappa shape index (κ3) is 11.8. The summed E-state index contributed by atoms with van der Waals surface area (Å²) >= 11 is 1.46. The maximum atomic E-state index is 3.53. The Balaban J connectivity index is 0.000000369. The van der Waals surface area contributed by atoms with Crippen LogP contribution in [0.3, 0.4) is 0 Å². The van der Waals surface area contributed by atoms with E-state index >= 15 is 0 Å². The van der Waals surface area contributed by atoms with Gasteiger partial charge in [-0.1, -0.05) is 129 Å². The van der Waals surface area contributed by atoms with Crippen LogP contribution in [0.15, 0.2) is 71.8 Å². The second-order valence-electron chi connectivity index (χ2n) is 16.9. The van der Waals surface area contributed by atoms with E-state index in [0.717, 1.165) is 12.8 Å². The molecule has 0 heterocycles. The first kappa shape index (κ1) is 43.5. The summed E-state index contributed by atoms with van der Waals surface area (Å²) in [5.74, 6) is 0.522. The maximum Gasteiger partial charge on any atom is -0.0642 e. The summed E-state index contributed by atoms with van der Waals surface area (Å²) in [5.41, 5.74) is 15.0. The number of halogens is 2. The predicted octanol–water partition coefficient (Wildman–Crippen LogP) is 6.09. The first-order chi connectivity index (χ1) is 20.6. The molecule has 0 saturated heterocycles. The minimum atomic E-state index is 0. The van der Waals surface area contributed by atoms with Crippen molar-refractivity contribution in [2.24, 2.45) is 11.3 Å². The summed E-state index contributed by atoms with van der Waals surface area (Å²) < 4.78 is 2.21. The number of allylic oxidation sites excluding steroid dienone is 4. The van der Waals surface area contributed by atoms with Gasteiger partial charge >= 0.3 is 89.5 Å². The van der Waals surface area contributed by atoms with Gasteiger partial charge in [0.2, 0.25) is 0 Å².